The monoisotopic (exact) mass is 249 g/mol. The number of nitrogens with zero attached hydrogens (tertiary/aromatic N) is 1. The van der Waals surface area contributed by atoms with Crippen LogP contribution in [0.3, 0.4) is 0 Å². The van der Waals surface area contributed by atoms with E-state index < -0.39 is 0 Å². The van der Waals surface area contributed by atoms with Crippen LogP contribution < -0.4 is 4.74 Å². The lowest BCUT2D eigenvalue weighted by atomic mass is 10.2. The van der Waals surface area contributed by atoms with Crippen molar-refractivity contribution < 1.29 is 14.3 Å². The Morgan fingerprint density at radius 3 is 3.06 bits per heavy atom. The van der Waals surface area contributed by atoms with Gasteiger partial charge < -0.3 is 9.47 Å². The van der Waals surface area contributed by atoms with Crippen molar-refractivity contribution in [2.45, 2.75) is 26.4 Å². The molecular weight excluding hydrogens is 230 g/mol. The molecule has 98 valence electrons. The van der Waals surface area contributed by atoms with Crippen LogP contribution in [0.2, 0.25) is 0 Å². The van der Waals surface area contributed by atoms with Crippen molar-refractivity contribution in [3.63, 3.8) is 0 Å². The lowest BCUT2D eigenvalue weighted by Gasteiger charge is -2.24. The summed E-state index contributed by atoms with van der Waals surface area (Å²) < 4.78 is 10.7. The number of carbonyl (C=O) groups is 1. The molecule has 4 nitrogen and oxygen atoms in total. The Balaban J connectivity index is 2.09. The predicted molar refractivity (Wildman–Crippen MR) is 68.4 cm³/mol. The number of hydrogen-bond donors (Lipinski definition) is 0. The van der Waals surface area contributed by atoms with Crippen molar-refractivity contribution >= 4 is 5.97 Å². The van der Waals surface area contributed by atoms with E-state index in [2.05, 4.69) is 11.8 Å². The van der Waals surface area contributed by atoms with Gasteiger partial charge in [-0.05, 0) is 19.9 Å². The van der Waals surface area contributed by atoms with Gasteiger partial charge in [-0.2, -0.15) is 0 Å². The fourth-order valence-electron chi connectivity index (χ4n) is 2.05. The Morgan fingerprint density at radius 1 is 1.50 bits per heavy atom. The van der Waals surface area contributed by atoms with Crippen LogP contribution in [0, 0.1) is 0 Å². The number of para-hydroxylation sites is 1. The highest BCUT2D eigenvalue weighted by atomic mass is 16.5. The van der Waals surface area contributed by atoms with Crippen molar-refractivity contribution in [1.82, 2.24) is 4.90 Å². The van der Waals surface area contributed by atoms with Crippen LogP contribution in [0.25, 0.3) is 0 Å². The Kier molecular flexibility index (Phi) is 4.20. The Labute approximate surface area is 107 Å². The molecule has 0 spiro atoms. The summed E-state index contributed by atoms with van der Waals surface area (Å²) in [6.07, 6.45) is 0. The maximum absolute atomic E-state index is 11.6. The van der Waals surface area contributed by atoms with E-state index in [1.807, 2.05) is 31.2 Å². The van der Waals surface area contributed by atoms with Gasteiger partial charge in [0.25, 0.3) is 0 Å². The largest absolute Gasteiger partial charge is 0.492 e. The predicted octanol–water partition coefficient (Wildman–Crippen LogP) is 1.83. The van der Waals surface area contributed by atoms with Crippen LogP contribution in [-0.2, 0) is 16.1 Å². The fraction of sp³-hybridized carbons (Fsp3) is 0.500. The average molecular weight is 249 g/mol. The van der Waals surface area contributed by atoms with Crippen LogP contribution in [-0.4, -0.2) is 36.7 Å². The molecule has 0 N–H and O–H groups in total. The molecular formula is C14H19NO3. The third-order valence-corrected chi connectivity index (χ3v) is 3.09. The molecule has 0 fully saturated rings. The summed E-state index contributed by atoms with van der Waals surface area (Å²) in [4.78, 5) is 13.7. The summed E-state index contributed by atoms with van der Waals surface area (Å²) in [6, 6.07) is 8.15. The molecule has 0 amide bonds. The van der Waals surface area contributed by atoms with Crippen LogP contribution in [0.4, 0.5) is 0 Å². The molecule has 0 saturated heterocycles. The van der Waals surface area contributed by atoms with E-state index in [1.54, 1.807) is 0 Å². The Hall–Kier alpha value is -1.55. The first-order valence-corrected chi connectivity index (χ1v) is 6.31. The number of fused-ring (bicyclic) bond motifs is 1. The van der Waals surface area contributed by atoms with Crippen LogP contribution >= 0.6 is 0 Å². The first-order valence-electron chi connectivity index (χ1n) is 6.31. The zero-order chi connectivity index (χ0) is 13.0. The molecule has 1 heterocycles. The van der Waals surface area contributed by atoms with Crippen LogP contribution in [0.15, 0.2) is 24.3 Å². The van der Waals surface area contributed by atoms with E-state index in [9.17, 15) is 4.79 Å². The number of hydrogen-bond acceptors (Lipinski definition) is 4. The third-order valence-electron chi connectivity index (χ3n) is 3.09. The highest BCUT2D eigenvalue weighted by molar-refractivity contribution is 5.71. The smallest absolute Gasteiger partial charge is 0.320 e. The van der Waals surface area contributed by atoms with Gasteiger partial charge in [-0.25, -0.2) is 0 Å². The molecule has 1 aromatic rings. The summed E-state index contributed by atoms with van der Waals surface area (Å²) in [5, 5.41) is 0. The number of rotatable bonds is 3. The maximum atomic E-state index is 11.6. The van der Waals surface area contributed by atoms with E-state index >= 15 is 0 Å². The van der Waals surface area contributed by atoms with Crippen molar-refractivity contribution in [3.8, 4) is 5.75 Å². The van der Waals surface area contributed by atoms with E-state index in [4.69, 9.17) is 9.47 Å². The summed E-state index contributed by atoms with van der Waals surface area (Å²) in [7, 11) is 0. The molecule has 0 saturated carbocycles. The molecule has 1 aliphatic heterocycles. The standard InChI is InChI=1S/C14H19NO3/c1-3-17-14(16)9-15-8-12-6-4-5-7-13(12)18-10-11(15)2/h4-7,11H,3,8-10H2,1-2H3/t11-/m1/s1. The molecule has 0 bridgehead atoms. The number of benzene rings is 1. The third kappa shape index (κ3) is 3.01. The topological polar surface area (TPSA) is 38.8 Å². The minimum absolute atomic E-state index is 0.177. The summed E-state index contributed by atoms with van der Waals surface area (Å²) in [5.74, 6) is 0.736. The lowest BCUT2D eigenvalue weighted by molar-refractivity contribution is -0.145. The van der Waals surface area contributed by atoms with E-state index in [-0.39, 0.29) is 12.0 Å². The molecule has 1 aliphatic rings. The molecule has 0 unspecified atom stereocenters. The first kappa shape index (κ1) is 12.9. The highest BCUT2D eigenvalue weighted by Gasteiger charge is 2.23. The van der Waals surface area contributed by atoms with Gasteiger partial charge in [-0.1, -0.05) is 18.2 Å². The number of carbonyl (C=O) groups excluding carboxylic acids is 1. The normalized spacial score (nSPS) is 19.6. The Bertz CT molecular complexity index is 419. The van der Waals surface area contributed by atoms with Gasteiger partial charge in [0.2, 0.25) is 0 Å². The van der Waals surface area contributed by atoms with Gasteiger partial charge in [-0.3, -0.25) is 9.69 Å². The van der Waals surface area contributed by atoms with Gasteiger partial charge in [0, 0.05) is 18.2 Å². The fourth-order valence-corrected chi connectivity index (χ4v) is 2.05. The number of ether oxygens (including phenoxy) is 2. The summed E-state index contributed by atoms with van der Waals surface area (Å²) >= 11 is 0. The zero-order valence-corrected chi connectivity index (χ0v) is 10.9. The number of esters is 1. The van der Waals surface area contributed by atoms with Gasteiger partial charge in [0.05, 0.1) is 13.2 Å². The van der Waals surface area contributed by atoms with Gasteiger partial charge in [-0.15, -0.1) is 0 Å². The van der Waals surface area contributed by atoms with Crippen LogP contribution in [0.5, 0.6) is 5.75 Å². The summed E-state index contributed by atoms with van der Waals surface area (Å²) in [5.41, 5.74) is 1.12. The van der Waals surface area contributed by atoms with E-state index in [0.717, 1.165) is 17.9 Å². The second-order valence-electron chi connectivity index (χ2n) is 4.48. The van der Waals surface area contributed by atoms with Crippen molar-refractivity contribution in [1.29, 1.82) is 0 Å². The highest BCUT2D eigenvalue weighted by Crippen LogP contribution is 2.24. The molecule has 1 aromatic carbocycles. The molecule has 18 heavy (non-hydrogen) atoms. The van der Waals surface area contributed by atoms with Crippen molar-refractivity contribution in [2.75, 3.05) is 19.8 Å². The van der Waals surface area contributed by atoms with Gasteiger partial charge >= 0.3 is 5.97 Å². The molecule has 0 radical (unpaired) electrons. The van der Waals surface area contributed by atoms with Crippen LogP contribution in [0.1, 0.15) is 19.4 Å². The lowest BCUT2D eigenvalue weighted by Crippen LogP contribution is -2.39. The van der Waals surface area contributed by atoms with Gasteiger partial charge in [0.15, 0.2) is 0 Å². The minimum Gasteiger partial charge on any atom is -0.492 e. The molecule has 1 atom stereocenters. The molecule has 0 aliphatic carbocycles. The first-order chi connectivity index (χ1) is 8.70. The molecule has 4 heteroatoms. The SMILES string of the molecule is CCOC(=O)CN1Cc2ccccc2OC[C@H]1C. The van der Waals surface area contributed by atoms with Crippen molar-refractivity contribution in [3.05, 3.63) is 29.8 Å². The second-order valence-corrected chi connectivity index (χ2v) is 4.48. The van der Waals surface area contributed by atoms with E-state index in [1.165, 1.54) is 0 Å². The Morgan fingerprint density at radius 2 is 2.28 bits per heavy atom. The zero-order valence-electron chi connectivity index (χ0n) is 10.9. The average Bonchev–Trinajstić information content (AvgIpc) is 2.51. The van der Waals surface area contributed by atoms with Crippen molar-refractivity contribution in [2.24, 2.45) is 0 Å². The maximum Gasteiger partial charge on any atom is 0.320 e. The molecule has 2 rings (SSSR count). The molecule has 0 aromatic heterocycles. The second kappa shape index (κ2) is 5.87. The van der Waals surface area contributed by atoms with E-state index in [0.29, 0.717) is 19.8 Å². The summed E-state index contributed by atoms with van der Waals surface area (Å²) in [6.45, 7) is 5.93. The van der Waals surface area contributed by atoms with Gasteiger partial charge in [0.1, 0.15) is 12.4 Å². The minimum atomic E-state index is -0.177. The quantitative estimate of drug-likeness (QED) is 0.766.